The molecule has 86 valence electrons. The van der Waals surface area contributed by atoms with Gasteiger partial charge in [-0.1, -0.05) is 29.8 Å². The van der Waals surface area contributed by atoms with Crippen molar-refractivity contribution in [2.24, 2.45) is 5.73 Å². The monoisotopic (exact) mass is 219 g/mol. The van der Waals surface area contributed by atoms with Crippen molar-refractivity contribution in [3.05, 3.63) is 35.4 Å². The van der Waals surface area contributed by atoms with Crippen LogP contribution in [0.25, 0.3) is 0 Å². The van der Waals surface area contributed by atoms with Crippen LogP contribution in [0.5, 0.6) is 0 Å². The molecule has 4 heteroatoms. The van der Waals surface area contributed by atoms with E-state index in [2.05, 4.69) is 36.5 Å². The molecule has 1 unspecified atom stereocenters. The quantitative estimate of drug-likeness (QED) is 0.797. The lowest BCUT2D eigenvalue weighted by Crippen LogP contribution is -2.32. The molecule has 1 aliphatic heterocycles. The zero-order valence-corrected chi connectivity index (χ0v) is 9.44. The molecular formula is C12H17N3O. The van der Waals surface area contributed by atoms with E-state index in [0.29, 0.717) is 19.6 Å². The second kappa shape index (κ2) is 4.53. The van der Waals surface area contributed by atoms with Gasteiger partial charge in [0.2, 0.25) is 0 Å². The number of nitrogens with two attached hydrogens (primary N) is 1. The molecule has 1 fully saturated rings. The first-order valence-electron chi connectivity index (χ1n) is 5.53. The van der Waals surface area contributed by atoms with Gasteiger partial charge < -0.3 is 16.0 Å². The molecule has 0 bridgehead atoms. The fourth-order valence-electron chi connectivity index (χ4n) is 1.93. The number of urea groups is 1. The summed E-state index contributed by atoms with van der Waals surface area (Å²) in [5, 5.41) is 2.96. The van der Waals surface area contributed by atoms with Gasteiger partial charge in [-0.15, -0.1) is 0 Å². The van der Waals surface area contributed by atoms with E-state index in [-0.39, 0.29) is 12.1 Å². The summed E-state index contributed by atoms with van der Waals surface area (Å²) in [4.78, 5) is 13.3. The van der Waals surface area contributed by atoms with Crippen molar-refractivity contribution in [1.29, 1.82) is 0 Å². The molecule has 3 N–H and O–H groups in total. The molecule has 0 saturated carbocycles. The van der Waals surface area contributed by atoms with Crippen molar-refractivity contribution in [2.75, 3.05) is 19.6 Å². The number of aryl methyl sites for hydroxylation is 1. The maximum atomic E-state index is 11.6. The van der Waals surface area contributed by atoms with Crippen LogP contribution < -0.4 is 11.1 Å². The van der Waals surface area contributed by atoms with Crippen LogP contribution in [0.4, 0.5) is 4.79 Å². The Morgan fingerprint density at radius 2 is 2.12 bits per heavy atom. The van der Waals surface area contributed by atoms with Crippen molar-refractivity contribution in [3.8, 4) is 0 Å². The van der Waals surface area contributed by atoms with E-state index >= 15 is 0 Å². The van der Waals surface area contributed by atoms with E-state index in [4.69, 9.17) is 5.73 Å². The van der Waals surface area contributed by atoms with Crippen molar-refractivity contribution in [2.45, 2.75) is 13.0 Å². The normalized spacial score (nSPS) is 20.0. The Kier molecular flexibility index (Phi) is 3.10. The van der Waals surface area contributed by atoms with Crippen LogP contribution in [0.1, 0.15) is 17.2 Å². The van der Waals surface area contributed by atoms with Crippen LogP contribution in [0, 0.1) is 6.92 Å². The average molecular weight is 219 g/mol. The van der Waals surface area contributed by atoms with Crippen molar-refractivity contribution in [3.63, 3.8) is 0 Å². The van der Waals surface area contributed by atoms with Gasteiger partial charge in [-0.3, -0.25) is 0 Å². The highest BCUT2D eigenvalue weighted by Crippen LogP contribution is 2.20. The lowest BCUT2D eigenvalue weighted by atomic mass is 10.1. The topological polar surface area (TPSA) is 58.4 Å². The highest BCUT2D eigenvalue weighted by molar-refractivity contribution is 5.77. The van der Waals surface area contributed by atoms with Gasteiger partial charge >= 0.3 is 6.03 Å². The third kappa shape index (κ3) is 2.17. The Balaban J connectivity index is 2.07. The summed E-state index contributed by atoms with van der Waals surface area (Å²) in [6.45, 7) is 3.89. The van der Waals surface area contributed by atoms with Gasteiger partial charge in [0, 0.05) is 19.6 Å². The number of hydrogen-bond donors (Lipinski definition) is 2. The Hall–Kier alpha value is -1.55. The van der Waals surface area contributed by atoms with Gasteiger partial charge in [0.25, 0.3) is 0 Å². The number of hydrogen-bond acceptors (Lipinski definition) is 2. The largest absolute Gasteiger partial charge is 0.329 e. The molecule has 1 aromatic carbocycles. The molecule has 0 spiro atoms. The minimum absolute atomic E-state index is 0.0176. The van der Waals surface area contributed by atoms with Crippen LogP contribution in [-0.2, 0) is 0 Å². The van der Waals surface area contributed by atoms with E-state index in [1.54, 1.807) is 4.90 Å². The number of carbonyl (C=O) groups is 1. The third-order valence-corrected chi connectivity index (χ3v) is 2.87. The van der Waals surface area contributed by atoms with Crippen LogP contribution in [-0.4, -0.2) is 30.6 Å². The summed E-state index contributed by atoms with van der Waals surface area (Å²) in [5.74, 6) is 0. The standard InChI is InChI=1S/C12H17N3O/c1-9-2-4-10(5-3-9)11-8-15(7-6-13)12(16)14-11/h2-5,11H,6-8,13H2,1H3,(H,14,16). The molecule has 2 amide bonds. The molecule has 1 heterocycles. The van der Waals surface area contributed by atoms with Crippen molar-refractivity contribution < 1.29 is 4.79 Å². The van der Waals surface area contributed by atoms with E-state index in [1.165, 1.54) is 5.56 Å². The molecule has 1 atom stereocenters. The molecule has 4 nitrogen and oxygen atoms in total. The molecule has 0 radical (unpaired) electrons. The molecule has 16 heavy (non-hydrogen) atoms. The van der Waals surface area contributed by atoms with Gasteiger partial charge in [-0.2, -0.15) is 0 Å². The number of nitrogens with zero attached hydrogens (tertiary/aromatic N) is 1. The Morgan fingerprint density at radius 1 is 1.44 bits per heavy atom. The fraction of sp³-hybridized carbons (Fsp3) is 0.417. The zero-order valence-electron chi connectivity index (χ0n) is 9.44. The van der Waals surface area contributed by atoms with E-state index in [0.717, 1.165) is 5.56 Å². The van der Waals surface area contributed by atoms with Crippen molar-refractivity contribution in [1.82, 2.24) is 10.2 Å². The summed E-state index contributed by atoms with van der Waals surface area (Å²) in [6.07, 6.45) is 0. The number of nitrogens with one attached hydrogen (secondary N) is 1. The van der Waals surface area contributed by atoms with E-state index in [9.17, 15) is 4.79 Å². The summed E-state index contributed by atoms with van der Waals surface area (Å²) in [5.41, 5.74) is 7.83. The predicted molar refractivity (Wildman–Crippen MR) is 63.1 cm³/mol. The van der Waals surface area contributed by atoms with Gasteiger partial charge in [-0.25, -0.2) is 4.79 Å². The summed E-state index contributed by atoms with van der Waals surface area (Å²) >= 11 is 0. The number of rotatable bonds is 3. The van der Waals surface area contributed by atoms with Crippen LogP contribution >= 0.6 is 0 Å². The maximum absolute atomic E-state index is 11.6. The van der Waals surface area contributed by atoms with Crippen molar-refractivity contribution >= 4 is 6.03 Å². The predicted octanol–water partition coefficient (Wildman–Crippen LogP) is 1.02. The maximum Gasteiger partial charge on any atom is 0.318 e. The Morgan fingerprint density at radius 3 is 2.75 bits per heavy atom. The molecule has 1 saturated heterocycles. The average Bonchev–Trinajstić information content (AvgIpc) is 2.62. The van der Waals surface area contributed by atoms with Crippen LogP contribution in [0.3, 0.4) is 0 Å². The fourth-order valence-corrected chi connectivity index (χ4v) is 1.93. The number of amides is 2. The van der Waals surface area contributed by atoms with Gasteiger partial charge in [0.05, 0.1) is 6.04 Å². The van der Waals surface area contributed by atoms with E-state index in [1.807, 2.05) is 0 Å². The van der Waals surface area contributed by atoms with Gasteiger partial charge in [-0.05, 0) is 12.5 Å². The smallest absolute Gasteiger partial charge is 0.318 e. The Bertz CT molecular complexity index is 374. The first kappa shape index (κ1) is 11.0. The lowest BCUT2D eigenvalue weighted by Gasteiger charge is -2.13. The highest BCUT2D eigenvalue weighted by Gasteiger charge is 2.28. The molecule has 2 rings (SSSR count). The molecule has 1 aliphatic rings. The SMILES string of the molecule is Cc1ccc(C2CN(CCN)C(=O)N2)cc1. The molecule has 0 aliphatic carbocycles. The summed E-state index contributed by atoms with van der Waals surface area (Å²) in [7, 11) is 0. The minimum Gasteiger partial charge on any atom is -0.329 e. The summed E-state index contributed by atoms with van der Waals surface area (Å²) in [6, 6.07) is 8.33. The Labute approximate surface area is 95.4 Å². The minimum atomic E-state index is -0.0176. The summed E-state index contributed by atoms with van der Waals surface area (Å²) < 4.78 is 0. The zero-order chi connectivity index (χ0) is 11.5. The second-order valence-corrected chi connectivity index (χ2v) is 4.15. The second-order valence-electron chi connectivity index (χ2n) is 4.15. The lowest BCUT2D eigenvalue weighted by molar-refractivity contribution is 0.218. The van der Waals surface area contributed by atoms with Gasteiger partial charge in [0.15, 0.2) is 0 Å². The first-order valence-corrected chi connectivity index (χ1v) is 5.53. The highest BCUT2D eigenvalue weighted by atomic mass is 16.2. The van der Waals surface area contributed by atoms with E-state index < -0.39 is 0 Å². The molecule has 0 aromatic heterocycles. The third-order valence-electron chi connectivity index (χ3n) is 2.87. The molecular weight excluding hydrogens is 202 g/mol. The van der Waals surface area contributed by atoms with Crippen LogP contribution in [0.2, 0.25) is 0 Å². The van der Waals surface area contributed by atoms with Crippen LogP contribution in [0.15, 0.2) is 24.3 Å². The first-order chi connectivity index (χ1) is 7.70. The number of benzene rings is 1. The van der Waals surface area contributed by atoms with Gasteiger partial charge in [0.1, 0.15) is 0 Å². The number of carbonyl (C=O) groups excluding carboxylic acids is 1. The molecule has 1 aromatic rings.